The molecule has 0 spiro atoms. The number of nitrogens with zero attached hydrogens (tertiary/aromatic N) is 5. The fraction of sp³-hybridized carbons (Fsp3) is 0.280. The Labute approximate surface area is 195 Å². The molecule has 1 fully saturated rings. The number of fused-ring (bicyclic) bond motifs is 2. The number of nitrogens with one attached hydrogen (secondary N) is 2. The van der Waals surface area contributed by atoms with Gasteiger partial charge in [0.2, 0.25) is 0 Å². The highest BCUT2D eigenvalue weighted by Gasteiger charge is 2.33. The highest BCUT2D eigenvalue weighted by molar-refractivity contribution is 5.82. The van der Waals surface area contributed by atoms with E-state index in [-0.39, 0.29) is 18.0 Å². The molecule has 0 unspecified atom stereocenters. The van der Waals surface area contributed by atoms with Gasteiger partial charge in [0.1, 0.15) is 23.5 Å². The SMILES string of the molecule is Fc1ccc2nc(CCNc3ncnc4nc[nH]c34)n(C3CC(OCc4ccccc4)C3)c2c1. The molecule has 172 valence electrons. The van der Waals surface area contributed by atoms with Gasteiger partial charge in [0.05, 0.1) is 30.1 Å². The summed E-state index contributed by atoms with van der Waals surface area (Å²) >= 11 is 0. The van der Waals surface area contributed by atoms with E-state index in [1.165, 1.54) is 18.0 Å². The second-order valence-electron chi connectivity index (χ2n) is 8.58. The van der Waals surface area contributed by atoms with Gasteiger partial charge in [-0.1, -0.05) is 30.3 Å². The van der Waals surface area contributed by atoms with Crippen LogP contribution >= 0.6 is 0 Å². The van der Waals surface area contributed by atoms with Gasteiger partial charge in [-0.25, -0.2) is 24.3 Å². The Morgan fingerprint density at radius 3 is 2.85 bits per heavy atom. The van der Waals surface area contributed by atoms with Crippen molar-refractivity contribution in [1.82, 2.24) is 29.5 Å². The molecule has 1 aliphatic rings. The molecule has 5 aromatic rings. The number of hydrogen-bond donors (Lipinski definition) is 2. The van der Waals surface area contributed by atoms with Crippen LogP contribution in [0.1, 0.15) is 30.3 Å². The molecule has 3 heterocycles. The van der Waals surface area contributed by atoms with Crippen LogP contribution in [0.2, 0.25) is 0 Å². The molecule has 9 heteroatoms. The van der Waals surface area contributed by atoms with Gasteiger partial charge in [-0.15, -0.1) is 0 Å². The zero-order valence-corrected chi connectivity index (χ0v) is 18.5. The molecule has 0 saturated heterocycles. The van der Waals surface area contributed by atoms with Crippen molar-refractivity contribution in [2.75, 3.05) is 11.9 Å². The van der Waals surface area contributed by atoms with Gasteiger partial charge < -0.3 is 19.6 Å². The van der Waals surface area contributed by atoms with Crippen LogP contribution in [-0.4, -0.2) is 42.1 Å². The fourth-order valence-corrected chi connectivity index (χ4v) is 4.56. The van der Waals surface area contributed by atoms with Gasteiger partial charge in [0.15, 0.2) is 11.5 Å². The molecule has 3 aromatic heterocycles. The first kappa shape index (κ1) is 20.7. The number of hydrogen-bond acceptors (Lipinski definition) is 6. The molecular weight excluding hydrogens is 433 g/mol. The fourth-order valence-electron chi connectivity index (χ4n) is 4.56. The van der Waals surface area contributed by atoms with Crippen molar-refractivity contribution < 1.29 is 9.13 Å². The first-order valence-electron chi connectivity index (χ1n) is 11.4. The molecule has 8 nitrogen and oxygen atoms in total. The smallest absolute Gasteiger partial charge is 0.182 e. The zero-order chi connectivity index (χ0) is 22.9. The average Bonchev–Trinajstić information content (AvgIpc) is 3.44. The molecule has 6 rings (SSSR count). The van der Waals surface area contributed by atoms with E-state index < -0.39 is 0 Å². The summed E-state index contributed by atoms with van der Waals surface area (Å²) in [7, 11) is 0. The van der Waals surface area contributed by atoms with Crippen molar-refractivity contribution in [3.05, 3.63) is 78.4 Å². The summed E-state index contributed by atoms with van der Waals surface area (Å²) in [5.74, 6) is 1.38. The Hall–Kier alpha value is -3.85. The molecule has 0 atom stereocenters. The van der Waals surface area contributed by atoms with Crippen molar-refractivity contribution in [1.29, 1.82) is 0 Å². The second-order valence-corrected chi connectivity index (χ2v) is 8.58. The van der Waals surface area contributed by atoms with Crippen LogP contribution in [0, 0.1) is 5.82 Å². The predicted octanol–water partition coefficient (Wildman–Crippen LogP) is 4.42. The zero-order valence-electron chi connectivity index (χ0n) is 18.5. The van der Waals surface area contributed by atoms with Crippen LogP contribution in [0.4, 0.5) is 10.2 Å². The third-order valence-corrected chi connectivity index (χ3v) is 6.35. The Balaban J connectivity index is 1.17. The number of H-pyrrole nitrogens is 1. The van der Waals surface area contributed by atoms with E-state index in [9.17, 15) is 4.39 Å². The number of rotatable bonds is 8. The van der Waals surface area contributed by atoms with Crippen molar-refractivity contribution in [2.45, 2.75) is 38.0 Å². The maximum Gasteiger partial charge on any atom is 0.182 e. The first-order valence-corrected chi connectivity index (χ1v) is 11.4. The monoisotopic (exact) mass is 457 g/mol. The second kappa shape index (κ2) is 8.83. The van der Waals surface area contributed by atoms with Crippen molar-refractivity contribution >= 4 is 28.0 Å². The van der Waals surface area contributed by atoms with Crippen LogP contribution in [0.5, 0.6) is 0 Å². The number of aromatic amines is 1. The molecular formula is C25H24FN7O. The summed E-state index contributed by atoms with van der Waals surface area (Å²) in [5.41, 5.74) is 4.21. The third-order valence-electron chi connectivity index (χ3n) is 6.35. The Bertz CT molecular complexity index is 1430. The standard InChI is InChI=1S/C25H24FN7O/c26-17-6-7-20-21(10-17)33(18-11-19(12-18)34-13-16-4-2-1-3-5-16)22(32-20)8-9-27-24-23-25(29-14-28-23)31-15-30-24/h1-7,10,14-15,18-19H,8-9,11-13H2,(H2,27,28,29,30,31). The quantitative estimate of drug-likeness (QED) is 0.358. The predicted molar refractivity (Wildman–Crippen MR) is 127 cm³/mol. The first-order chi connectivity index (χ1) is 16.7. The normalized spacial score (nSPS) is 17.8. The van der Waals surface area contributed by atoms with E-state index in [0.717, 1.165) is 35.2 Å². The van der Waals surface area contributed by atoms with Crippen LogP contribution < -0.4 is 5.32 Å². The van der Waals surface area contributed by atoms with Gasteiger partial charge in [-0.2, -0.15) is 0 Å². The summed E-state index contributed by atoms with van der Waals surface area (Å²) in [4.78, 5) is 20.5. The number of anilines is 1. The lowest BCUT2D eigenvalue weighted by molar-refractivity contribution is -0.0353. The van der Waals surface area contributed by atoms with Gasteiger partial charge >= 0.3 is 0 Å². The lowest BCUT2D eigenvalue weighted by atomic mass is 9.88. The summed E-state index contributed by atoms with van der Waals surface area (Å²) < 4.78 is 22.4. The van der Waals surface area contributed by atoms with Crippen molar-refractivity contribution in [2.24, 2.45) is 0 Å². The number of benzene rings is 2. The molecule has 0 amide bonds. The van der Waals surface area contributed by atoms with Crippen LogP contribution in [0.25, 0.3) is 22.2 Å². The minimum atomic E-state index is -0.253. The number of ether oxygens (including phenoxy) is 1. The Morgan fingerprint density at radius 1 is 1.09 bits per heavy atom. The summed E-state index contributed by atoms with van der Waals surface area (Å²) in [6, 6.07) is 15.2. The number of halogens is 1. The van der Waals surface area contributed by atoms with E-state index in [1.807, 2.05) is 18.2 Å². The van der Waals surface area contributed by atoms with Crippen LogP contribution in [0.3, 0.4) is 0 Å². The van der Waals surface area contributed by atoms with Crippen LogP contribution in [0.15, 0.2) is 61.2 Å². The largest absolute Gasteiger partial charge is 0.373 e. The van der Waals surface area contributed by atoms with Gasteiger partial charge in [-0.3, -0.25) is 0 Å². The molecule has 0 bridgehead atoms. The highest BCUT2D eigenvalue weighted by atomic mass is 19.1. The Kier molecular flexibility index (Phi) is 5.38. The van der Waals surface area contributed by atoms with E-state index in [1.54, 1.807) is 18.5 Å². The van der Waals surface area contributed by atoms with Gasteiger partial charge in [0, 0.05) is 19.0 Å². The van der Waals surface area contributed by atoms with E-state index in [4.69, 9.17) is 9.72 Å². The van der Waals surface area contributed by atoms with E-state index >= 15 is 0 Å². The molecule has 0 aliphatic heterocycles. The summed E-state index contributed by atoms with van der Waals surface area (Å²) in [5, 5.41) is 3.35. The number of imidazole rings is 2. The highest BCUT2D eigenvalue weighted by Crippen LogP contribution is 2.38. The topological polar surface area (TPSA) is 93.5 Å². The van der Waals surface area contributed by atoms with Crippen molar-refractivity contribution in [3.63, 3.8) is 0 Å². The lowest BCUT2D eigenvalue weighted by Gasteiger charge is -2.37. The molecule has 0 radical (unpaired) electrons. The average molecular weight is 458 g/mol. The molecule has 1 aliphatic carbocycles. The van der Waals surface area contributed by atoms with E-state index in [0.29, 0.717) is 31.0 Å². The molecule has 1 saturated carbocycles. The molecule has 34 heavy (non-hydrogen) atoms. The lowest BCUT2D eigenvalue weighted by Crippen LogP contribution is -2.34. The van der Waals surface area contributed by atoms with E-state index in [2.05, 4.69) is 42.0 Å². The minimum absolute atomic E-state index is 0.192. The van der Waals surface area contributed by atoms with Crippen LogP contribution in [-0.2, 0) is 17.8 Å². The number of aromatic nitrogens is 6. The maximum atomic E-state index is 14.1. The summed E-state index contributed by atoms with van der Waals surface area (Å²) in [6.45, 7) is 1.23. The van der Waals surface area contributed by atoms with Gasteiger partial charge in [-0.05, 0) is 36.6 Å². The maximum absolute atomic E-state index is 14.1. The van der Waals surface area contributed by atoms with Gasteiger partial charge in [0.25, 0.3) is 0 Å². The molecule has 2 aromatic carbocycles. The minimum Gasteiger partial charge on any atom is -0.373 e. The Morgan fingerprint density at radius 2 is 1.97 bits per heavy atom. The molecule has 2 N–H and O–H groups in total. The third kappa shape index (κ3) is 3.99. The summed E-state index contributed by atoms with van der Waals surface area (Å²) in [6.07, 6.45) is 5.73. The van der Waals surface area contributed by atoms with Crippen molar-refractivity contribution in [3.8, 4) is 0 Å².